The zero-order valence-electron chi connectivity index (χ0n) is 13.3. The van der Waals surface area contributed by atoms with Crippen molar-refractivity contribution in [3.05, 3.63) is 39.8 Å². The molecule has 2 aromatic rings. The van der Waals surface area contributed by atoms with Crippen LogP contribution in [0.5, 0.6) is 5.75 Å². The number of pyridine rings is 1. The molecule has 1 heterocycles. The van der Waals surface area contributed by atoms with Gasteiger partial charge in [-0.3, -0.25) is 0 Å². The molecule has 0 atom stereocenters. The third-order valence-corrected chi connectivity index (χ3v) is 4.05. The Hall–Kier alpha value is -2.70. The molecular weight excluding hydrogens is 338 g/mol. The highest BCUT2D eigenvalue weighted by Gasteiger charge is 2.30. The van der Waals surface area contributed by atoms with E-state index in [1.165, 1.54) is 13.2 Å². The summed E-state index contributed by atoms with van der Waals surface area (Å²) < 4.78 is 10.5. The first-order valence-electron chi connectivity index (χ1n) is 6.88. The van der Waals surface area contributed by atoms with E-state index in [1.807, 2.05) is 0 Å². The van der Waals surface area contributed by atoms with Crippen molar-refractivity contribution in [2.75, 3.05) is 13.7 Å². The standard InChI is InChI=1S/C15H16ClN3O5/c1-15(2,7-24-14(20)21)9-6-11(18-17)19(22)13-8(9)4-5-10(23-3)12(13)16/h4-6,22H,7H2,1-3H3,(H,20,21). The van der Waals surface area contributed by atoms with E-state index in [0.717, 1.165) is 0 Å². The monoisotopic (exact) mass is 353 g/mol. The van der Waals surface area contributed by atoms with Gasteiger partial charge < -0.3 is 30.1 Å². The van der Waals surface area contributed by atoms with Crippen LogP contribution in [0.3, 0.4) is 0 Å². The van der Waals surface area contributed by atoms with Crippen LogP contribution in [0.25, 0.3) is 16.4 Å². The molecule has 0 aliphatic heterocycles. The molecule has 2 N–H and O–H groups in total. The van der Waals surface area contributed by atoms with Crippen LogP contribution >= 0.6 is 11.6 Å². The van der Waals surface area contributed by atoms with Crippen LogP contribution < -0.4 is 10.2 Å². The van der Waals surface area contributed by atoms with Crippen molar-refractivity contribution in [3.63, 3.8) is 0 Å². The van der Waals surface area contributed by atoms with Gasteiger partial charge in [0.25, 0.3) is 0 Å². The molecule has 2 rings (SSSR count). The Morgan fingerprint density at radius 1 is 1.46 bits per heavy atom. The van der Waals surface area contributed by atoms with E-state index in [0.29, 0.717) is 21.4 Å². The molecule has 0 radical (unpaired) electrons. The van der Waals surface area contributed by atoms with E-state index in [9.17, 15) is 10.0 Å². The molecule has 0 fully saturated rings. The first kappa shape index (κ1) is 17.7. The normalized spacial score (nSPS) is 11.2. The largest absolute Gasteiger partial charge is 0.505 e. The summed E-state index contributed by atoms with van der Waals surface area (Å²) in [5.41, 5.74) is 8.96. The first-order valence-corrected chi connectivity index (χ1v) is 7.26. The van der Waals surface area contributed by atoms with Gasteiger partial charge >= 0.3 is 11.6 Å². The second-order valence-corrected chi connectivity index (χ2v) is 6.12. The van der Waals surface area contributed by atoms with Crippen LogP contribution in [0.4, 0.5) is 4.79 Å². The quantitative estimate of drug-likeness (QED) is 0.379. The van der Waals surface area contributed by atoms with Crippen molar-refractivity contribution in [2.45, 2.75) is 19.3 Å². The van der Waals surface area contributed by atoms with Gasteiger partial charge in [-0.25, -0.2) is 4.79 Å². The highest BCUT2D eigenvalue weighted by Crippen LogP contribution is 2.36. The molecular formula is C15H16ClN3O5. The molecule has 0 amide bonds. The molecule has 9 heteroatoms. The van der Waals surface area contributed by atoms with E-state index < -0.39 is 11.6 Å². The maximum absolute atomic E-state index is 10.7. The second kappa shape index (κ2) is 6.43. The summed E-state index contributed by atoms with van der Waals surface area (Å²) >= 11 is 6.27. The minimum atomic E-state index is -1.40. The van der Waals surface area contributed by atoms with Gasteiger partial charge in [0.2, 0.25) is 5.52 Å². The summed E-state index contributed by atoms with van der Waals surface area (Å²) in [4.78, 5) is 13.7. The van der Waals surface area contributed by atoms with Crippen molar-refractivity contribution in [3.8, 4) is 5.75 Å². The smallest absolute Gasteiger partial charge is 0.497 e. The fourth-order valence-corrected chi connectivity index (χ4v) is 2.78. The molecule has 0 saturated heterocycles. The lowest BCUT2D eigenvalue weighted by Gasteiger charge is -2.25. The van der Waals surface area contributed by atoms with Gasteiger partial charge in [0.1, 0.15) is 17.4 Å². The number of rotatable bonds is 4. The number of methoxy groups -OCH3 is 1. The Morgan fingerprint density at radius 2 is 2.12 bits per heavy atom. The molecule has 1 aromatic carbocycles. The molecule has 0 bridgehead atoms. The van der Waals surface area contributed by atoms with Crippen LogP contribution in [-0.2, 0) is 10.2 Å². The van der Waals surface area contributed by atoms with Gasteiger partial charge in [-0.2, -0.15) is 0 Å². The van der Waals surface area contributed by atoms with Gasteiger partial charge in [0.15, 0.2) is 0 Å². The predicted molar refractivity (Wildman–Crippen MR) is 84.4 cm³/mol. The minimum Gasteiger partial charge on any atom is -0.497 e. The molecule has 8 nitrogen and oxygen atoms in total. The Bertz CT molecular complexity index is 900. The van der Waals surface area contributed by atoms with Crippen LogP contribution in [0.1, 0.15) is 19.4 Å². The third-order valence-electron chi connectivity index (χ3n) is 3.68. The number of hydrogen-bond donors (Lipinski definition) is 2. The average molecular weight is 354 g/mol. The number of hydrogen-bond acceptors (Lipinski definition) is 4. The van der Waals surface area contributed by atoms with Crippen molar-refractivity contribution in [1.29, 1.82) is 0 Å². The molecule has 1 aromatic heterocycles. The summed E-state index contributed by atoms with van der Waals surface area (Å²) in [5, 5.41) is 19.6. The van der Waals surface area contributed by atoms with Gasteiger partial charge in [-0.15, -0.1) is 0 Å². The van der Waals surface area contributed by atoms with Gasteiger partial charge in [0.05, 0.1) is 13.2 Å². The maximum atomic E-state index is 10.7. The molecule has 24 heavy (non-hydrogen) atoms. The van der Waals surface area contributed by atoms with Crippen molar-refractivity contribution >= 4 is 28.7 Å². The fraction of sp³-hybridized carbons (Fsp3) is 0.333. The number of aromatic nitrogens is 1. The molecule has 128 valence electrons. The molecule has 0 spiro atoms. The average Bonchev–Trinajstić information content (AvgIpc) is 2.53. The van der Waals surface area contributed by atoms with Crippen LogP contribution in [0.2, 0.25) is 5.02 Å². The lowest BCUT2D eigenvalue weighted by Crippen LogP contribution is -2.30. The first-order chi connectivity index (χ1) is 11.2. The van der Waals surface area contributed by atoms with Crippen molar-refractivity contribution < 1.29 is 29.4 Å². The summed E-state index contributed by atoms with van der Waals surface area (Å²) in [6.07, 6.45) is -1.40. The number of carbonyl (C=O) groups is 1. The van der Waals surface area contributed by atoms with Gasteiger partial charge in [-0.1, -0.05) is 25.4 Å². The van der Waals surface area contributed by atoms with Crippen LogP contribution in [-0.4, -0.2) is 39.7 Å². The number of benzene rings is 1. The van der Waals surface area contributed by atoms with E-state index in [4.69, 9.17) is 27.0 Å². The Morgan fingerprint density at radius 3 is 2.67 bits per heavy atom. The Labute approximate surface area is 142 Å². The highest BCUT2D eigenvalue weighted by atomic mass is 35.5. The van der Waals surface area contributed by atoms with E-state index in [-0.39, 0.29) is 22.6 Å². The minimum absolute atomic E-state index is 0.124. The molecule has 0 unspecified atom stereocenters. The lowest BCUT2D eigenvalue weighted by atomic mass is 9.83. The number of carboxylic acid groups (broad SMARTS) is 1. The number of nitrogens with zero attached hydrogens (tertiary/aromatic N) is 3. The maximum Gasteiger partial charge on any atom is 0.505 e. The van der Waals surface area contributed by atoms with E-state index in [1.54, 1.807) is 26.0 Å². The predicted octanol–water partition coefficient (Wildman–Crippen LogP) is 2.64. The van der Waals surface area contributed by atoms with Crippen LogP contribution in [0.15, 0.2) is 18.2 Å². The molecule has 0 aliphatic rings. The number of ether oxygens (including phenoxy) is 2. The summed E-state index contributed by atoms with van der Waals surface area (Å²) in [6.45, 7) is 3.37. The van der Waals surface area contributed by atoms with Crippen molar-refractivity contribution in [2.24, 2.45) is 0 Å². The zero-order chi connectivity index (χ0) is 18.1. The molecule has 0 saturated carbocycles. The summed E-state index contributed by atoms with van der Waals surface area (Å²) in [6, 6.07) is 4.72. The Balaban J connectivity index is 2.85. The van der Waals surface area contributed by atoms with E-state index >= 15 is 0 Å². The fourth-order valence-electron chi connectivity index (χ4n) is 2.46. The topological polar surface area (TPSA) is 117 Å². The lowest BCUT2D eigenvalue weighted by molar-refractivity contribution is -0.0943. The second-order valence-electron chi connectivity index (χ2n) is 5.74. The molecule has 0 aliphatic carbocycles. The van der Waals surface area contributed by atoms with Crippen molar-refractivity contribution in [1.82, 2.24) is 4.73 Å². The SMILES string of the molecule is COc1ccc2c(C(C)(C)COC(=O)O)cc(=[N+]=[N-])n(O)c2c1Cl. The van der Waals surface area contributed by atoms with Gasteiger partial charge in [0, 0.05) is 10.8 Å². The van der Waals surface area contributed by atoms with Gasteiger partial charge in [-0.05, 0) is 22.4 Å². The number of fused-ring (bicyclic) bond motifs is 1. The van der Waals surface area contributed by atoms with Crippen LogP contribution in [0, 0.1) is 0 Å². The Kier molecular flexibility index (Phi) is 4.73. The number of halogens is 1. The third kappa shape index (κ3) is 3.02. The highest BCUT2D eigenvalue weighted by molar-refractivity contribution is 6.36. The summed E-state index contributed by atoms with van der Waals surface area (Å²) in [5.74, 6) is 0.326. The van der Waals surface area contributed by atoms with E-state index in [2.05, 4.69) is 9.53 Å². The zero-order valence-corrected chi connectivity index (χ0v) is 14.0. The summed E-state index contributed by atoms with van der Waals surface area (Å²) in [7, 11) is 1.43.